The second-order valence-electron chi connectivity index (χ2n) is 10.4. The summed E-state index contributed by atoms with van der Waals surface area (Å²) in [5.41, 5.74) is -1.10. The molecule has 10 heteroatoms. The largest absolute Gasteiger partial charge is 0.477 e. The number of aromatic nitrogens is 1. The Bertz CT molecular complexity index is 1290. The number of amides is 1. The lowest BCUT2D eigenvalue weighted by molar-refractivity contribution is 0.0524. The first-order chi connectivity index (χ1) is 17.0. The van der Waals surface area contributed by atoms with E-state index in [1.807, 2.05) is 0 Å². The van der Waals surface area contributed by atoms with Crippen LogP contribution in [0.4, 0.5) is 14.9 Å². The molecular formula is C26H32FN3O6. The number of hydrogen-bond donors (Lipinski definition) is 2. The van der Waals surface area contributed by atoms with Crippen LogP contribution in [0.3, 0.4) is 0 Å². The first-order valence-corrected chi connectivity index (χ1v) is 12.3. The molecule has 1 aromatic carbocycles. The highest BCUT2D eigenvalue weighted by Gasteiger charge is 2.35. The Balaban J connectivity index is 1.85. The number of carbonyl (C=O) groups is 3. The molecule has 2 fully saturated rings. The van der Waals surface area contributed by atoms with Crippen molar-refractivity contribution in [3.63, 3.8) is 0 Å². The van der Waals surface area contributed by atoms with E-state index in [4.69, 9.17) is 4.74 Å². The monoisotopic (exact) mass is 501 g/mol. The minimum Gasteiger partial charge on any atom is -0.477 e. The molecule has 0 radical (unpaired) electrons. The summed E-state index contributed by atoms with van der Waals surface area (Å²) in [5, 5.41) is 12.4. The van der Waals surface area contributed by atoms with Crippen LogP contribution in [0.5, 0.6) is 0 Å². The molecule has 2 aliphatic rings. The maximum absolute atomic E-state index is 15.6. The first-order valence-electron chi connectivity index (χ1n) is 12.3. The van der Waals surface area contributed by atoms with Crippen molar-refractivity contribution in [3.05, 3.63) is 38.9 Å². The maximum Gasteiger partial charge on any atom is 0.407 e. The van der Waals surface area contributed by atoms with Crippen molar-refractivity contribution in [2.24, 2.45) is 0 Å². The van der Waals surface area contributed by atoms with Crippen molar-refractivity contribution in [2.45, 2.75) is 77.5 Å². The highest BCUT2D eigenvalue weighted by atomic mass is 19.1. The lowest BCUT2D eigenvalue weighted by atomic mass is 10.00. The standard InChI is InChI=1S/C26H32FN3O6/c1-5-19-20(24(33)34)23(32)16-11-18(27)22(17(13-31)21(16)30(19)14-8-9-14)29-10-6-7-15(29)12-28-25(35)36-26(2,3)4/h11,13-15H,5-10,12H2,1-4H3,(H,28,35)(H,33,34). The number of anilines is 1. The Labute approximate surface area is 208 Å². The molecule has 1 unspecified atom stereocenters. The Morgan fingerprint density at radius 1 is 1.28 bits per heavy atom. The number of alkyl carbamates (subject to hydrolysis) is 1. The summed E-state index contributed by atoms with van der Waals surface area (Å²) >= 11 is 0. The van der Waals surface area contributed by atoms with Crippen LogP contribution < -0.4 is 15.6 Å². The van der Waals surface area contributed by atoms with Gasteiger partial charge in [-0.2, -0.15) is 0 Å². The average molecular weight is 502 g/mol. The predicted octanol–water partition coefficient (Wildman–Crippen LogP) is 4.04. The molecule has 2 heterocycles. The van der Waals surface area contributed by atoms with Gasteiger partial charge in [-0.05, 0) is 58.9 Å². The smallest absolute Gasteiger partial charge is 0.407 e. The molecular weight excluding hydrogens is 469 g/mol. The van der Waals surface area contributed by atoms with Crippen LogP contribution in [0.25, 0.3) is 10.9 Å². The number of ether oxygens (including phenoxy) is 1. The van der Waals surface area contributed by atoms with Gasteiger partial charge < -0.3 is 24.6 Å². The Morgan fingerprint density at radius 2 is 1.97 bits per heavy atom. The van der Waals surface area contributed by atoms with Crippen molar-refractivity contribution < 1.29 is 28.6 Å². The van der Waals surface area contributed by atoms with Gasteiger partial charge in [0.1, 0.15) is 17.0 Å². The summed E-state index contributed by atoms with van der Waals surface area (Å²) in [6.45, 7) is 7.69. The number of nitrogens with zero attached hydrogens (tertiary/aromatic N) is 2. The number of nitrogens with one attached hydrogen (secondary N) is 1. The lowest BCUT2D eigenvalue weighted by Gasteiger charge is -2.30. The summed E-state index contributed by atoms with van der Waals surface area (Å²) in [7, 11) is 0. The molecule has 1 amide bonds. The van der Waals surface area contributed by atoms with E-state index < -0.39 is 28.9 Å². The van der Waals surface area contributed by atoms with Gasteiger partial charge in [0.05, 0.1) is 22.2 Å². The third-order valence-electron chi connectivity index (χ3n) is 6.68. The van der Waals surface area contributed by atoms with Crippen LogP contribution in [-0.2, 0) is 11.2 Å². The molecule has 1 saturated carbocycles. The van der Waals surface area contributed by atoms with Crippen LogP contribution in [0, 0.1) is 5.82 Å². The Morgan fingerprint density at radius 3 is 2.53 bits per heavy atom. The molecule has 1 aliphatic heterocycles. The van der Waals surface area contributed by atoms with E-state index in [-0.39, 0.29) is 52.8 Å². The van der Waals surface area contributed by atoms with Gasteiger partial charge in [-0.25, -0.2) is 14.0 Å². The number of halogens is 1. The number of hydrogen-bond acceptors (Lipinski definition) is 6. The van der Waals surface area contributed by atoms with Gasteiger partial charge in [-0.15, -0.1) is 0 Å². The van der Waals surface area contributed by atoms with Crippen LogP contribution in [-0.4, -0.2) is 52.8 Å². The van der Waals surface area contributed by atoms with Gasteiger partial charge in [-0.1, -0.05) is 6.92 Å². The van der Waals surface area contributed by atoms with Crippen LogP contribution in [0.15, 0.2) is 10.9 Å². The molecule has 0 bridgehead atoms. The lowest BCUT2D eigenvalue weighted by Crippen LogP contribution is -2.42. The van der Waals surface area contributed by atoms with Gasteiger partial charge in [0, 0.05) is 30.9 Å². The number of pyridine rings is 1. The fourth-order valence-corrected chi connectivity index (χ4v) is 5.17. The summed E-state index contributed by atoms with van der Waals surface area (Å²) in [6.07, 6.45) is 3.20. The molecule has 36 heavy (non-hydrogen) atoms. The van der Waals surface area contributed by atoms with Gasteiger partial charge in [-0.3, -0.25) is 9.59 Å². The van der Waals surface area contributed by atoms with Crippen molar-refractivity contribution in [1.29, 1.82) is 0 Å². The van der Waals surface area contributed by atoms with Gasteiger partial charge in [0.2, 0.25) is 5.43 Å². The topological polar surface area (TPSA) is 118 Å². The molecule has 1 aliphatic carbocycles. The highest BCUT2D eigenvalue weighted by Crippen LogP contribution is 2.42. The molecule has 0 spiro atoms. The summed E-state index contributed by atoms with van der Waals surface area (Å²) in [4.78, 5) is 51.6. The number of aromatic carboxylic acids is 1. The van der Waals surface area contributed by atoms with Crippen molar-refractivity contribution in [1.82, 2.24) is 9.88 Å². The van der Waals surface area contributed by atoms with Gasteiger partial charge >= 0.3 is 12.1 Å². The van der Waals surface area contributed by atoms with E-state index in [1.165, 1.54) is 0 Å². The molecule has 9 nitrogen and oxygen atoms in total. The Kier molecular flexibility index (Phi) is 6.81. The van der Waals surface area contributed by atoms with Crippen LogP contribution in [0.2, 0.25) is 0 Å². The molecule has 4 rings (SSSR count). The third kappa shape index (κ3) is 4.68. The maximum atomic E-state index is 15.6. The van der Waals surface area contributed by atoms with E-state index in [1.54, 1.807) is 37.2 Å². The number of aldehydes is 1. The molecule has 194 valence electrons. The SMILES string of the molecule is CCc1c(C(=O)O)c(=O)c2cc(F)c(N3CCCC3CNC(=O)OC(C)(C)C)c(C=O)c2n1C1CC1. The van der Waals surface area contributed by atoms with Gasteiger partial charge in [0.15, 0.2) is 6.29 Å². The zero-order valence-electron chi connectivity index (χ0n) is 21.0. The van der Waals surface area contributed by atoms with Crippen LogP contribution in [0.1, 0.15) is 85.8 Å². The average Bonchev–Trinajstić information content (AvgIpc) is 3.52. The summed E-state index contributed by atoms with van der Waals surface area (Å²) in [6, 6.07) is 0.719. The summed E-state index contributed by atoms with van der Waals surface area (Å²) < 4.78 is 22.7. The number of rotatable bonds is 7. The molecule has 1 saturated heterocycles. The fourth-order valence-electron chi connectivity index (χ4n) is 5.17. The zero-order chi connectivity index (χ0) is 26.4. The van der Waals surface area contributed by atoms with E-state index in [9.17, 15) is 24.3 Å². The third-order valence-corrected chi connectivity index (χ3v) is 6.68. The van der Waals surface area contributed by atoms with E-state index >= 15 is 4.39 Å². The van der Waals surface area contributed by atoms with E-state index in [0.29, 0.717) is 24.9 Å². The molecule has 1 aromatic heterocycles. The second-order valence-corrected chi connectivity index (χ2v) is 10.4. The van der Waals surface area contributed by atoms with Crippen molar-refractivity contribution in [2.75, 3.05) is 18.0 Å². The number of carboxylic acids is 1. The molecule has 1 atom stereocenters. The number of fused-ring (bicyclic) bond motifs is 1. The fraction of sp³-hybridized carbons (Fsp3) is 0.538. The van der Waals surface area contributed by atoms with Crippen molar-refractivity contribution >= 4 is 34.9 Å². The second kappa shape index (κ2) is 9.55. The number of carboxylic acid groups (broad SMARTS) is 1. The molecule has 2 N–H and O–H groups in total. The highest BCUT2D eigenvalue weighted by molar-refractivity contribution is 6.04. The molecule has 2 aromatic rings. The number of benzene rings is 1. The van der Waals surface area contributed by atoms with Crippen LogP contribution >= 0.6 is 0 Å². The zero-order valence-corrected chi connectivity index (χ0v) is 21.0. The van der Waals surface area contributed by atoms with E-state index in [0.717, 1.165) is 25.3 Å². The quantitative estimate of drug-likeness (QED) is 0.550. The minimum atomic E-state index is -1.36. The first kappa shape index (κ1) is 25.7. The normalized spacial score (nSPS) is 17.9. The number of carbonyl (C=O) groups excluding carboxylic acids is 2. The van der Waals surface area contributed by atoms with E-state index in [2.05, 4.69) is 5.32 Å². The Hall–Kier alpha value is -3.43. The van der Waals surface area contributed by atoms with Gasteiger partial charge in [0.25, 0.3) is 0 Å². The predicted molar refractivity (Wildman–Crippen MR) is 133 cm³/mol. The summed E-state index contributed by atoms with van der Waals surface area (Å²) in [5.74, 6) is -2.13. The van der Waals surface area contributed by atoms with Crippen molar-refractivity contribution in [3.8, 4) is 0 Å². The minimum absolute atomic E-state index is 0.0322.